The van der Waals surface area contributed by atoms with E-state index < -0.39 is 91.4 Å². The average Bonchev–Trinajstić information content (AvgIpc) is 2.90. The fourth-order valence-corrected chi connectivity index (χ4v) is 3.90. The minimum atomic E-state index is -1.75. The lowest BCUT2D eigenvalue weighted by molar-refractivity contribution is -0.265. The zero-order valence-electron chi connectivity index (χ0n) is 22.0. The number of aliphatic hydroxyl groups is 3. The molecule has 222 valence electrons. The first-order valence-electron chi connectivity index (χ1n) is 12.5. The van der Waals surface area contributed by atoms with Crippen LogP contribution in [-0.4, -0.2) is 99.5 Å². The summed E-state index contributed by atoms with van der Waals surface area (Å²) < 4.78 is 16.0. The third kappa shape index (κ3) is 9.53. The number of para-hydroxylation sites is 1. The number of carboxylic acid groups (broad SMARTS) is 1. The lowest BCUT2D eigenvalue weighted by Crippen LogP contribution is -2.65. The summed E-state index contributed by atoms with van der Waals surface area (Å²) in [5.41, 5.74) is 5.22. The lowest BCUT2D eigenvalue weighted by atomic mass is 9.95. The number of Topliss-reactive ketones (excluding diaryl/α,β-unsaturated/α-hetero) is 1. The van der Waals surface area contributed by atoms with Crippen LogP contribution in [0.25, 0.3) is 0 Å². The zero-order valence-corrected chi connectivity index (χ0v) is 22.0. The second-order valence-electron chi connectivity index (χ2n) is 9.32. The molecule has 0 radical (unpaired) electrons. The van der Waals surface area contributed by atoms with Crippen LogP contribution < -0.4 is 21.1 Å². The summed E-state index contributed by atoms with van der Waals surface area (Å²) >= 11 is 0. The summed E-state index contributed by atoms with van der Waals surface area (Å²) in [6, 6.07) is 5.31. The number of benzene rings is 1. The van der Waals surface area contributed by atoms with Gasteiger partial charge in [0.25, 0.3) is 0 Å². The number of carbonyl (C=O) groups excluding carboxylic acids is 4. The van der Waals surface area contributed by atoms with E-state index in [4.69, 9.17) is 25.1 Å². The molecule has 2 rings (SSSR count). The fraction of sp³-hybridized carbons (Fsp3) is 0.560. The van der Waals surface area contributed by atoms with Crippen LogP contribution in [0.5, 0.6) is 5.75 Å². The number of ketones is 1. The van der Waals surface area contributed by atoms with Crippen LogP contribution >= 0.6 is 0 Å². The molecule has 1 aromatic carbocycles. The highest BCUT2D eigenvalue weighted by molar-refractivity contribution is 5.91. The molecule has 1 aromatic rings. The van der Waals surface area contributed by atoms with E-state index in [9.17, 15) is 39.3 Å². The molecule has 15 nitrogen and oxygen atoms in total. The van der Waals surface area contributed by atoms with Gasteiger partial charge in [-0.15, -0.1) is 0 Å². The number of aliphatic carboxylic acids is 1. The van der Waals surface area contributed by atoms with Crippen LogP contribution in [0.1, 0.15) is 33.1 Å². The first kappa shape index (κ1) is 32.6. The molecule has 8 atom stereocenters. The molecule has 0 saturated carbocycles. The number of primary amides is 1. The Labute approximate surface area is 229 Å². The lowest BCUT2D eigenvalue weighted by Gasteiger charge is -2.43. The number of ether oxygens (including phenoxy) is 3. The van der Waals surface area contributed by atoms with Gasteiger partial charge in [-0.2, -0.15) is 0 Å². The molecule has 0 spiro atoms. The molecule has 1 aliphatic rings. The average molecular weight is 570 g/mol. The predicted molar refractivity (Wildman–Crippen MR) is 134 cm³/mol. The molecule has 0 aliphatic carbocycles. The molecule has 3 amide bonds. The maximum absolute atomic E-state index is 12.9. The van der Waals surface area contributed by atoms with E-state index in [2.05, 4.69) is 10.6 Å². The number of hydrogen-bond acceptors (Lipinski definition) is 11. The Hall–Kier alpha value is -3.63. The van der Waals surface area contributed by atoms with Crippen LogP contribution in [0.2, 0.25) is 0 Å². The van der Waals surface area contributed by atoms with Gasteiger partial charge in [-0.05, 0) is 25.5 Å². The molecule has 0 aromatic heterocycles. The Morgan fingerprint density at radius 1 is 1.10 bits per heavy atom. The van der Waals surface area contributed by atoms with Crippen molar-refractivity contribution in [3.8, 4) is 5.75 Å². The van der Waals surface area contributed by atoms with Gasteiger partial charge in [0, 0.05) is 18.8 Å². The van der Waals surface area contributed by atoms with Crippen molar-refractivity contribution >= 4 is 29.7 Å². The smallest absolute Gasteiger partial charge is 0.413 e. The number of rotatable bonds is 14. The molecule has 0 bridgehead atoms. The standard InChI is InChI=1S/C25H35N3O12/c1-12(23(35)27-15(22(26)34)8-9-18(31)32)10-16(30)13(2)38-21-19(24(36)40-17(11-29)20(21)33)28-25(37)39-14-6-4-3-5-7-14/h3-7,12-13,15,17,19-21,24,29,33,36H,8-11H2,1-2H3,(H2,26,34)(H,27,35)(H,28,37)(H,31,32)/t12-,13-,15-,17-,19-,20-,21-,24+/m1/s1. The SMILES string of the molecule is C[C@H](CC(=O)[C@@H](C)O[C@H]1[C@H](O)[C@@H](CO)O[C@H](O)[C@@H]1NC(=O)Oc1ccccc1)C(=O)N[C@H](CCC(=O)O)C(N)=O. The van der Waals surface area contributed by atoms with Gasteiger partial charge in [0.15, 0.2) is 12.1 Å². The van der Waals surface area contributed by atoms with E-state index in [1.165, 1.54) is 26.0 Å². The second-order valence-corrected chi connectivity index (χ2v) is 9.32. The molecule has 15 heteroatoms. The van der Waals surface area contributed by atoms with Crippen LogP contribution in [0.3, 0.4) is 0 Å². The molecular weight excluding hydrogens is 534 g/mol. The summed E-state index contributed by atoms with van der Waals surface area (Å²) in [5, 5.41) is 44.1. The summed E-state index contributed by atoms with van der Waals surface area (Å²) in [4.78, 5) is 60.1. The van der Waals surface area contributed by atoms with Gasteiger partial charge >= 0.3 is 12.1 Å². The van der Waals surface area contributed by atoms with E-state index in [-0.39, 0.29) is 18.6 Å². The van der Waals surface area contributed by atoms with Gasteiger partial charge in [0.05, 0.1) is 6.61 Å². The van der Waals surface area contributed by atoms with Crippen molar-refractivity contribution in [2.75, 3.05) is 6.61 Å². The molecular formula is C25H35N3O12. The van der Waals surface area contributed by atoms with Crippen LogP contribution in [0.15, 0.2) is 30.3 Å². The number of nitrogens with one attached hydrogen (secondary N) is 2. The van der Waals surface area contributed by atoms with Gasteiger partial charge < -0.3 is 51.0 Å². The third-order valence-corrected chi connectivity index (χ3v) is 6.19. The summed E-state index contributed by atoms with van der Waals surface area (Å²) in [7, 11) is 0. The predicted octanol–water partition coefficient (Wildman–Crippen LogP) is -1.58. The van der Waals surface area contributed by atoms with Crippen molar-refractivity contribution in [1.82, 2.24) is 10.6 Å². The highest BCUT2D eigenvalue weighted by Gasteiger charge is 2.47. The topological polar surface area (TPSA) is 244 Å². The fourth-order valence-electron chi connectivity index (χ4n) is 3.90. The van der Waals surface area contributed by atoms with Gasteiger partial charge in [0.1, 0.15) is 42.2 Å². The Morgan fingerprint density at radius 2 is 1.75 bits per heavy atom. The van der Waals surface area contributed by atoms with Gasteiger partial charge in [-0.25, -0.2) is 4.79 Å². The van der Waals surface area contributed by atoms with E-state index in [0.717, 1.165) is 0 Å². The van der Waals surface area contributed by atoms with E-state index in [0.29, 0.717) is 0 Å². The molecule has 0 unspecified atom stereocenters. The highest BCUT2D eigenvalue weighted by atomic mass is 16.6. The Morgan fingerprint density at radius 3 is 2.33 bits per heavy atom. The zero-order chi connectivity index (χ0) is 30.0. The van der Waals surface area contributed by atoms with Crippen LogP contribution in [0, 0.1) is 5.92 Å². The number of carboxylic acids is 1. The summed E-state index contributed by atoms with van der Waals surface area (Å²) in [6.45, 7) is 2.02. The number of amides is 3. The third-order valence-electron chi connectivity index (χ3n) is 6.19. The highest BCUT2D eigenvalue weighted by Crippen LogP contribution is 2.25. The van der Waals surface area contributed by atoms with Gasteiger partial charge in [-0.1, -0.05) is 25.1 Å². The number of nitrogens with two attached hydrogens (primary N) is 1. The first-order chi connectivity index (χ1) is 18.8. The Kier molecular flexibility index (Phi) is 12.4. The Balaban J connectivity index is 2.05. The summed E-state index contributed by atoms with van der Waals surface area (Å²) in [5.74, 6) is -4.23. The minimum absolute atomic E-state index is 0.190. The van der Waals surface area contributed by atoms with Crippen molar-refractivity contribution in [1.29, 1.82) is 0 Å². The normalized spacial score (nSPS) is 24.7. The molecule has 1 saturated heterocycles. The monoisotopic (exact) mass is 569 g/mol. The molecule has 8 N–H and O–H groups in total. The second kappa shape index (κ2) is 15.2. The van der Waals surface area contributed by atoms with E-state index in [1.807, 2.05) is 0 Å². The number of aliphatic hydroxyl groups excluding tert-OH is 3. The minimum Gasteiger partial charge on any atom is -0.481 e. The van der Waals surface area contributed by atoms with Gasteiger partial charge in [0.2, 0.25) is 11.8 Å². The van der Waals surface area contributed by atoms with E-state index >= 15 is 0 Å². The largest absolute Gasteiger partial charge is 0.481 e. The number of carbonyl (C=O) groups is 5. The number of hydrogen-bond donors (Lipinski definition) is 7. The van der Waals surface area contributed by atoms with Crippen molar-refractivity contribution in [3.05, 3.63) is 30.3 Å². The van der Waals surface area contributed by atoms with Crippen LogP contribution in [-0.2, 0) is 28.7 Å². The van der Waals surface area contributed by atoms with Gasteiger partial charge in [-0.3, -0.25) is 19.2 Å². The van der Waals surface area contributed by atoms with Crippen molar-refractivity contribution in [2.45, 2.75) is 75.9 Å². The maximum atomic E-state index is 12.9. The van der Waals surface area contributed by atoms with E-state index in [1.54, 1.807) is 18.2 Å². The molecule has 1 fully saturated rings. The van der Waals surface area contributed by atoms with Crippen molar-refractivity contribution < 1.29 is 58.6 Å². The summed E-state index contributed by atoms with van der Waals surface area (Å²) in [6.07, 6.45) is -9.38. The maximum Gasteiger partial charge on any atom is 0.413 e. The molecule has 1 aliphatic heterocycles. The van der Waals surface area contributed by atoms with Crippen molar-refractivity contribution in [2.24, 2.45) is 11.7 Å². The first-order valence-corrected chi connectivity index (χ1v) is 12.5. The van der Waals surface area contributed by atoms with Crippen molar-refractivity contribution in [3.63, 3.8) is 0 Å². The molecule has 40 heavy (non-hydrogen) atoms. The van der Waals surface area contributed by atoms with Crippen LogP contribution in [0.4, 0.5) is 4.79 Å². The molecule has 1 heterocycles. The Bertz CT molecular complexity index is 1040. The quantitative estimate of drug-likeness (QED) is 0.134.